The van der Waals surface area contributed by atoms with Gasteiger partial charge in [0.2, 0.25) is 0 Å². The van der Waals surface area contributed by atoms with Crippen molar-refractivity contribution in [1.82, 2.24) is 0 Å². The van der Waals surface area contributed by atoms with Crippen molar-refractivity contribution in [2.75, 3.05) is 0 Å². The van der Waals surface area contributed by atoms with E-state index in [1.165, 1.54) is 61.6 Å². The minimum absolute atomic E-state index is 1.15. The maximum absolute atomic E-state index is 2.20. The van der Waals surface area contributed by atoms with Crippen LogP contribution in [-0.4, -0.2) is 0 Å². The van der Waals surface area contributed by atoms with E-state index in [-0.39, 0.29) is 0 Å². The summed E-state index contributed by atoms with van der Waals surface area (Å²) in [6.07, 6.45) is 11.6. The van der Waals surface area contributed by atoms with E-state index in [0.717, 1.165) is 6.42 Å². The molecule has 17 heavy (non-hydrogen) atoms. The monoisotopic (exact) mass is 232 g/mol. The molecule has 0 saturated heterocycles. The van der Waals surface area contributed by atoms with Crippen LogP contribution in [0.15, 0.2) is 18.2 Å². The molecule has 1 aromatic carbocycles. The molecule has 0 radical (unpaired) electrons. The highest BCUT2D eigenvalue weighted by Crippen LogP contribution is 2.15. The first kappa shape index (κ1) is 14.3. The van der Waals surface area contributed by atoms with Crippen LogP contribution in [0, 0.1) is 13.8 Å². The summed E-state index contributed by atoms with van der Waals surface area (Å²) < 4.78 is 0. The first-order valence-electron chi connectivity index (χ1n) is 7.30. The van der Waals surface area contributed by atoms with Gasteiger partial charge in [-0.3, -0.25) is 0 Å². The number of hydrogen-bond donors (Lipinski definition) is 0. The molecule has 0 unspecified atom stereocenters. The maximum Gasteiger partial charge on any atom is -0.0305 e. The van der Waals surface area contributed by atoms with E-state index in [0.29, 0.717) is 0 Å². The Morgan fingerprint density at radius 1 is 0.824 bits per heavy atom. The van der Waals surface area contributed by atoms with Crippen LogP contribution in [0.3, 0.4) is 0 Å². The minimum Gasteiger partial charge on any atom is -0.0617 e. The van der Waals surface area contributed by atoms with Crippen LogP contribution in [0.25, 0.3) is 0 Å². The van der Waals surface area contributed by atoms with Crippen molar-refractivity contribution in [1.29, 1.82) is 0 Å². The highest BCUT2D eigenvalue weighted by Gasteiger charge is 1.96. The summed E-state index contributed by atoms with van der Waals surface area (Å²) in [5.41, 5.74) is 4.32. The average molecular weight is 232 g/mol. The predicted molar refractivity (Wildman–Crippen MR) is 77.6 cm³/mol. The molecule has 1 aliphatic carbocycles. The van der Waals surface area contributed by atoms with Gasteiger partial charge in [-0.15, -0.1) is 0 Å². The van der Waals surface area contributed by atoms with Gasteiger partial charge in [0.15, 0.2) is 0 Å². The Labute approximate surface area is 107 Å². The summed E-state index contributed by atoms with van der Waals surface area (Å²) in [5.74, 6) is 0. The molecule has 0 atom stereocenters. The fraction of sp³-hybridized carbons (Fsp3) is 0.647. The van der Waals surface area contributed by atoms with E-state index in [1.807, 2.05) is 0 Å². The molecule has 0 amide bonds. The van der Waals surface area contributed by atoms with E-state index in [2.05, 4.69) is 39.0 Å². The molecule has 96 valence electrons. The van der Waals surface area contributed by atoms with Crippen molar-refractivity contribution in [2.24, 2.45) is 0 Å². The van der Waals surface area contributed by atoms with Crippen LogP contribution in [0.1, 0.15) is 68.6 Å². The Kier molecular flexibility index (Phi) is 7.00. The lowest BCUT2D eigenvalue weighted by atomic mass is 10.0. The third-order valence-corrected chi connectivity index (χ3v) is 3.85. The zero-order valence-corrected chi connectivity index (χ0v) is 11.9. The number of aryl methyl sites for hydroxylation is 2. The smallest absolute Gasteiger partial charge is 0.0305 e. The SMILES string of the molecule is C1CCCCCC1.CCc1cccc(C)c1C. The normalized spacial score (nSPS) is 15.7. The van der Waals surface area contributed by atoms with Gasteiger partial charge in [-0.05, 0) is 37.0 Å². The van der Waals surface area contributed by atoms with E-state index in [1.54, 1.807) is 0 Å². The van der Waals surface area contributed by atoms with Crippen molar-refractivity contribution in [3.05, 3.63) is 34.9 Å². The molecule has 0 heteroatoms. The third kappa shape index (κ3) is 5.39. The molecule has 0 heterocycles. The van der Waals surface area contributed by atoms with Crippen LogP contribution < -0.4 is 0 Å². The largest absolute Gasteiger partial charge is 0.0617 e. The molecule has 0 N–H and O–H groups in total. The summed E-state index contributed by atoms with van der Waals surface area (Å²) >= 11 is 0. The molecule has 1 aromatic rings. The van der Waals surface area contributed by atoms with Crippen molar-refractivity contribution >= 4 is 0 Å². The topological polar surface area (TPSA) is 0 Å². The third-order valence-electron chi connectivity index (χ3n) is 3.85. The second-order valence-electron chi connectivity index (χ2n) is 5.19. The predicted octanol–water partition coefficient (Wildman–Crippen LogP) is 5.60. The van der Waals surface area contributed by atoms with Gasteiger partial charge in [-0.1, -0.05) is 70.1 Å². The maximum atomic E-state index is 2.20. The molecule has 1 aliphatic rings. The first-order chi connectivity index (χ1) is 8.25. The second kappa shape index (κ2) is 8.33. The summed E-state index contributed by atoms with van der Waals surface area (Å²) in [6.45, 7) is 6.55. The number of hydrogen-bond acceptors (Lipinski definition) is 0. The van der Waals surface area contributed by atoms with Crippen molar-refractivity contribution in [3.8, 4) is 0 Å². The fourth-order valence-electron chi connectivity index (χ4n) is 2.43. The van der Waals surface area contributed by atoms with Crippen LogP contribution in [-0.2, 0) is 6.42 Å². The van der Waals surface area contributed by atoms with Crippen LogP contribution in [0.5, 0.6) is 0 Å². The Balaban J connectivity index is 0.000000181. The first-order valence-corrected chi connectivity index (χ1v) is 7.30. The van der Waals surface area contributed by atoms with Crippen LogP contribution >= 0.6 is 0 Å². The zero-order valence-electron chi connectivity index (χ0n) is 11.9. The summed E-state index contributed by atoms with van der Waals surface area (Å²) in [7, 11) is 0. The van der Waals surface area contributed by atoms with Gasteiger partial charge in [0.05, 0.1) is 0 Å². The van der Waals surface area contributed by atoms with Gasteiger partial charge in [-0.2, -0.15) is 0 Å². The average Bonchev–Trinajstić information content (AvgIpc) is 2.65. The lowest BCUT2D eigenvalue weighted by Crippen LogP contribution is -1.88. The van der Waals surface area contributed by atoms with Gasteiger partial charge >= 0.3 is 0 Å². The van der Waals surface area contributed by atoms with Gasteiger partial charge in [-0.25, -0.2) is 0 Å². The number of rotatable bonds is 1. The van der Waals surface area contributed by atoms with Gasteiger partial charge in [0.25, 0.3) is 0 Å². The van der Waals surface area contributed by atoms with Gasteiger partial charge < -0.3 is 0 Å². The Bertz CT molecular complexity index is 292. The van der Waals surface area contributed by atoms with Crippen LogP contribution in [0.2, 0.25) is 0 Å². The van der Waals surface area contributed by atoms with E-state index in [9.17, 15) is 0 Å². The van der Waals surface area contributed by atoms with Gasteiger partial charge in [0, 0.05) is 0 Å². The van der Waals surface area contributed by atoms with Crippen molar-refractivity contribution in [3.63, 3.8) is 0 Å². The molecule has 0 aromatic heterocycles. The Morgan fingerprint density at radius 2 is 1.29 bits per heavy atom. The molecular weight excluding hydrogens is 204 g/mol. The second-order valence-corrected chi connectivity index (χ2v) is 5.19. The fourth-order valence-corrected chi connectivity index (χ4v) is 2.43. The number of benzene rings is 1. The van der Waals surface area contributed by atoms with Gasteiger partial charge in [0.1, 0.15) is 0 Å². The summed E-state index contributed by atoms with van der Waals surface area (Å²) in [6, 6.07) is 6.48. The summed E-state index contributed by atoms with van der Waals surface area (Å²) in [5, 5.41) is 0. The molecular formula is C17H28. The van der Waals surface area contributed by atoms with Crippen molar-refractivity contribution in [2.45, 2.75) is 72.1 Å². The van der Waals surface area contributed by atoms with Crippen LogP contribution in [0.4, 0.5) is 0 Å². The standard InChI is InChI=1S/C10H14.C7H14/c1-4-10-7-5-6-8(2)9(10)3;1-2-4-6-7-5-3-1/h5-7H,4H2,1-3H3;1-7H2. The van der Waals surface area contributed by atoms with E-state index in [4.69, 9.17) is 0 Å². The molecule has 2 rings (SSSR count). The molecule has 0 spiro atoms. The molecule has 1 fully saturated rings. The van der Waals surface area contributed by atoms with E-state index < -0.39 is 0 Å². The summed E-state index contributed by atoms with van der Waals surface area (Å²) in [4.78, 5) is 0. The Morgan fingerprint density at radius 3 is 1.65 bits per heavy atom. The highest BCUT2D eigenvalue weighted by molar-refractivity contribution is 5.32. The molecule has 0 bridgehead atoms. The van der Waals surface area contributed by atoms with Crippen molar-refractivity contribution < 1.29 is 0 Å². The minimum atomic E-state index is 1.15. The molecule has 0 nitrogen and oxygen atoms in total. The van der Waals surface area contributed by atoms with E-state index >= 15 is 0 Å². The zero-order chi connectivity index (χ0) is 12.5. The molecule has 1 saturated carbocycles. The highest BCUT2D eigenvalue weighted by atomic mass is 14.0. The lowest BCUT2D eigenvalue weighted by molar-refractivity contribution is 0.702. The quantitative estimate of drug-likeness (QED) is 0.553. The lowest BCUT2D eigenvalue weighted by Gasteiger charge is -2.04. The Hall–Kier alpha value is -0.780. The molecule has 0 aliphatic heterocycles.